The molecule has 14 heavy (non-hydrogen) atoms. The first kappa shape index (κ1) is 9.49. The maximum Gasteiger partial charge on any atom is 0.152 e. The smallest absolute Gasteiger partial charge is 0.152 e. The molecule has 1 aromatic heterocycles. The molecule has 0 fully saturated rings. The minimum atomic E-state index is -1.29. The molecule has 1 heterocycles. The highest BCUT2D eigenvalue weighted by Crippen LogP contribution is 2.41. The number of alkyl halides is 1. The summed E-state index contributed by atoms with van der Waals surface area (Å²) >= 11 is 0. The van der Waals surface area contributed by atoms with Gasteiger partial charge < -0.3 is 5.73 Å². The summed E-state index contributed by atoms with van der Waals surface area (Å²) < 4.78 is 16.0. The molecule has 1 aromatic rings. The van der Waals surface area contributed by atoms with E-state index in [-0.39, 0.29) is 0 Å². The van der Waals surface area contributed by atoms with Crippen molar-refractivity contribution in [3.63, 3.8) is 0 Å². The first-order valence-electron chi connectivity index (χ1n) is 5.11. The average Bonchev–Trinajstić information content (AvgIpc) is 2.43. The number of nitrogens with zero attached hydrogens (tertiary/aromatic N) is 2. The van der Waals surface area contributed by atoms with Gasteiger partial charge >= 0.3 is 0 Å². The molecule has 1 aliphatic rings. The number of nitrogen functional groups attached to an aromatic ring is 1. The third-order valence-corrected chi connectivity index (χ3v) is 2.97. The minimum absolute atomic E-state index is 0.367. The number of rotatable bonds is 1. The molecular weight excluding hydrogens is 181 g/mol. The Bertz CT molecular complexity index is 354. The number of halogens is 1. The Morgan fingerprint density at radius 3 is 3.00 bits per heavy atom. The molecule has 4 heteroatoms. The lowest BCUT2D eigenvalue weighted by molar-refractivity contribution is 0.162. The summed E-state index contributed by atoms with van der Waals surface area (Å²) in [5.74, 6) is 0.367. The van der Waals surface area contributed by atoms with Crippen LogP contribution in [0.2, 0.25) is 0 Å². The number of anilines is 1. The van der Waals surface area contributed by atoms with Gasteiger partial charge in [0.25, 0.3) is 0 Å². The molecule has 2 rings (SSSR count). The Morgan fingerprint density at radius 1 is 1.64 bits per heavy atom. The van der Waals surface area contributed by atoms with E-state index < -0.39 is 5.67 Å². The van der Waals surface area contributed by atoms with Crippen molar-refractivity contribution < 1.29 is 4.39 Å². The molecule has 1 unspecified atom stereocenters. The first-order valence-corrected chi connectivity index (χ1v) is 5.11. The Kier molecular flexibility index (Phi) is 2.01. The molecular formula is C10H16FN3. The van der Waals surface area contributed by atoms with E-state index >= 15 is 0 Å². The molecule has 0 saturated carbocycles. The van der Waals surface area contributed by atoms with Gasteiger partial charge in [0.2, 0.25) is 0 Å². The minimum Gasteiger partial charge on any atom is -0.382 e. The molecule has 1 aliphatic carbocycles. The Morgan fingerprint density at radius 2 is 2.36 bits per heavy atom. The molecule has 0 saturated heterocycles. The van der Waals surface area contributed by atoms with E-state index in [2.05, 4.69) is 5.10 Å². The Balaban J connectivity index is 2.58. The summed E-state index contributed by atoms with van der Waals surface area (Å²) in [4.78, 5) is 0. The number of hydrogen-bond acceptors (Lipinski definition) is 2. The Hall–Kier alpha value is -1.06. The monoisotopic (exact) mass is 197 g/mol. The van der Waals surface area contributed by atoms with Crippen LogP contribution in [0, 0.1) is 0 Å². The Labute approximate surface area is 83.1 Å². The van der Waals surface area contributed by atoms with Gasteiger partial charge in [-0.25, -0.2) is 4.39 Å². The summed E-state index contributed by atoms with van der Waals surface area (Å²) in [6.45, 7) is 4.36. The van der Waals surface area contributed by atoms with Crippen LogP contribution in [-0.4, -0.2) is 9.78 Å². The van der Waals surface area contributed by atoms with Gasteiger partial charge in [0.1, 0.15) is 5.67 Å². The normalized spacial score (nSPS) is 26.2. The van der Waals surface area contributed by atoms with E-state index in [0.717, 1.165) is 25.1 Å². The zero-order chi connectivity index (χ0) is 10.3. The van der Waals surface area contributed by atoms with Crippen LogP contribution in [0.5, 0.6) is 0 Å². The highest BCUT2D eigenvalue weighted by atomic mass is 19.1. The van der Waals surface area contributed by atoms with Crippen LogP contribution in [0.1, 0.15) is 37.9 Å². The standard InChI is InChI=1S/C10H16FN3/c1-3-14-7-5-4-6-10(2,11)8(7)9(12)13-14/h3-6H2,1-2H3,(H2,12,13). The maximum atomic E-state index is 14.1. The second kappa shape index (κ2) is 2.97. The number of hydrogen-bond donors (Lipinski definition) is 1. The van der Waals surface area contributed by atoms with E-state index in [0.29, 0.717) is 17.8 Å². The highest BCUT2D eigenvalue weighted by Gasteiger charge is 2.37. The van der Waals surface area contributed by atoms with Gasteiger partial charge in [0.15, 0.2) is 5.82 Å². The zero-order valence-corrected chi connectivity index (χ0v) is 8.68. The lowest BCUT2D eigenvalue weighted by Crippen LogP contribution is -2.23. The summed E-state index contributed by atoms with van der Waals surface area (Å²) in [5, 5.41) is 4.16. The largest absolute Gasteiger partial charge is 0.382 e. The SMILES string of the molecule is CCn1nc(N)c2c1CCCC2(C)F. The third-order valence-electron chi connectivity index (χ3n) is 2.97. The fourth-order valence-corrected chi connectivity index (χ4v) is 2.31. The van der Waals surface area contributed by atoms with Crippen LogP contribution in [0.3, 0.4) is 0 Å². The van der Waals surface area contributed by atoms with Crippen LogP contribution in [0.15, 0.2) is 0 Å². The van der Waals surface area contributed by atoms with Crippen molar-refractivity contribution in [1.29, 1.82) is 0 Å². The molecule has 78 valence electrons. The van der Waals surface area contributed by atoms with Gasteiger partial charge in [0.05, 0.1) is 5.56 Å². The van der Waals surface area contributed by atoms with Gasteiger partial charge in [-0.1, -0.05) is 0 Å². The van der Waals surface area contributed by atoms with E-state index in [9.17, 15) is 4.39 Å². The lowest BCUT2D eigenvalue weighted by Gasteiger charge is -2.26. The van der Waals surface area contributed by atoms with Crippen LogP contribution < -0.4 is 5.73 Å². The summed E-state index contributed by atoms with van der Waals surface area (Å²) in [5.41, 5.74) is 6.07. The third kappa shape index (κ3) is 1.21. The fourth-order valence-electron chi connectivity index (χ4n) is 2.31. The first-order chi connectivity index (χ1) is 6.56. The quantitative estimate of drug-likeness (QED) is 0.748. The predicted molar refractivity (Wildman–Crippen MR) is 53.7 cm³/mol. The van der Waals surface area contributed by atoms with Gasteiger partial charge in [-0.3, -0.25) is 4.68 Å². The van der Waals surface area contributed by atoms with Crippen LogP contribution >= 0.6 is 0 Å². The van der Waals surface area contributed by atoms with Crippen molar-refractivity contribution in [3.8, 4) is 0 Å². The second-order valence-corrected chi connectivity index (χ2v) is 4.07. The van der Waals surface area contributed by atoms with Crippen molar-refractivity contribution in [1.82, 2.24) is 9.78 Å². The molecule has 0 amide bonds. The highest BCUT2D eigenvalue weighted by molar-refractivity contribution is 5.48. The lowest BCUT2D eigenvalue weighted by atomic mass is 9.85. The molecule has 2 N–H and O–H groups in total. The summed E-state index contributed by atoms with van der Waals surface area (Å²) in [6, 6.07) is 0. The second-order valence-electron chi connectivity index (χ2n) is 4.07. The number of fused-ring (bicyclic) bond motifs is 1. The maximum absolute atomic E-state index is 14.1. The zero-order valence-electron chi connectivity index (χ0n) is 8.68. The van der Waals surface area contributed by atoms with E-state index in [1.54, 1.807) is 6.92 Å². The van der Waals surface area contributed by atoms with Crippen molar-refractivity contribution in [3.05, 3.63) is 11.3 Å². The van der Waals surface area contributed by atoms with Gasteiger partial charge in [0, 0.05) is 12.2 Å². The van der Waals surface area contributed by atoms with E-state index in [1.807, 2.05) is 11.6 Å². The molecule has 3 nitrogen and oxygen atoms in total. The van der Waals surface area contributed by atoms with Crippen molar-refractivity contribution in [2.45, 2.75) is 45.3 Å². The molecule has 0 radical (unpaired) electrons. The number of aromatic nitrogens is 2. The molecule has 1 atom stereocenters. The fraction of sp³-hybridized carbons (Fsp3) is 0.700. The summed E-state index contributed by atoms with van der Waals surface area (Å²) in [7, 11) is 0. The molecule has 0 aromatic carbocycles. The molecule has 0 spiro atoms. The van der Waals surface area contributed by atoms with Crippen molar-refractivity contribution in [2.75, 3.05) is 5.73 Å². The van der Waals surface area contributed by atoms with Gasteiger partial charge in [-0.05, 0) is 33.1 Å². The van der Waals surface area contributed by atoms with Gasteiger partial charge in [-0.2, -0.15) is 5.10 Å². The van der Waals surface area contributed by atoms with E-state index in [4.69, 9.17) is 5.73 Å². The molecule has 0 aliphatic heterocycles. The average molecular weight is 197 g/mol. The van der Waals surface area contributed by atoms with Crippen LogP contribution in [0.4, 0.5) is 10.2 Å². The van der Waals surface area contributed by atoms with Gasteiger partial charge in [-0.15, -0.1) is 0 Å². The summed E-state index contributed by atoms with van der Waals surface area (Å²) in [6.07, 6.45) is 2.33. The number of aryl methyl sites for hydroxylation is 1. The van der Waals surface area contributed by atoms with Crippen LogP contribution in [-0.2, 0) is 18.6 Å². The number of nitrogens with two attached hydrogens (primary N) is 1. The van der Waals surface area contributed by atoms with E-state index in [1.165, 1.54) is 0 Å². The topological polar surface area (TPSA) is 43.8 Å². The van der Waals surface area contributed by atoms with Crippen molar-refractivity contribution in [2.24, 2.45) is 0 Å². The molecule has 0 bridgehead atoms. The predicted octanol–water partition coefficient (Wildman–Crippen LogP) is 2.01. The van der Waals surface area contributed by atoms with Crippen molar-refractivity contribution >= 4 is 5.82 Å². The van der Waals surface area contributed by atoms with Crippen LogP contribution in [0.25, 0.3) is 0 Å².